The summed E-state index contributed by atoms with van der Waals surface area (Å²) in [7, 11) is 0. The first-order valence-corrected chi connectivity index (χ1v) is 11.0. The predicted octanol–water partition coefficient (Wildman–Crippen LogP) is 8.99. The van der Waals surface area contributed by atoms with Crippen molar-refractivity contribution in [3.8, 4) is 33.4 Å². The number of rotatable bonds is 3. The third kappa shape index (κ3) is 3.18. The van der Waals surface area contributed by atoms with Crippen molar-refractivity contribution in [3.05, 3.63) is 133 Å². The van der Waals surface area contributed by atoms with Crippen molar-refractivity contribution in [1.29, 1.82) is 0 Å². The Morgan fingerprint density at radius 3 is 1.62 bits per heavy atom. The van der Waals surface area contributed by atoms with E-state index in [0.717, 1.165) is 0 Å². The third-order valence-electron chi connectivity index (χ3n) is 6.29. The van der Waals surface area contributed by atoms with E-state index >= 15 is 0 Å². The molecular weight excluding hydrogens is 384 g/mol. The summed E-state index contributed by atoms with van der Waals surface area (Å²) in [5, 5.41) is 5.10. The first-order valence-electron chi connectivity index (χ1n) is 11.0. The summed E-state index contributed by atoms with van der Waals surface area (Å²) < 4.78 is 0. The van der Waals surface area contributed by atoms with Crippen LogP contribution in [0, 0.1) is 0 Å². The summed E-state index contributed by atoms with van der Waals surface area (Å²) in [4.78, 5) is 0. The zero-order valence-electron chi connectivity index (χ0n) is 17.7. The Balaban J connectivity index is 1.60. The minimum Gasteiger partial charge on any atom is -0.0622 e. The molecule has 0 aliphatic rings. The van der Waals surface area contributed by atoms with Crippen LogP contribution in [0.2, 0.25) is 0 Å². The van der Waals surface area contributed by atoms with Gasteiger partial charge in [0, 0.05) is 0 Å². The van der Waals surface area contributed by atoms with Crippen LogP contribution >= 0.6 is 0 Å². The predicted molar refractivity (Wildman–Crippen MR) is 138 cm³/mol. The van der Waals surface area contributed by atoms with Crippen molar-refractivity contribution in [2.24, 2.45) is 0 Å². The Bertz CT molecular complexity index is 1540. The second kappa shape index (κ2) is 7.83. The molecule has 0 saturated carbocycles. The van der Waals surface area contributed by atoms with Crippen LogP contribution in [0.5, 0.6) is 0 Å². The molecule has 0 radical (unpaired) electrons. The Labute approximate surface area is 188 Å². The highest BCUT2D eigenvalue weighted by atomic mass is 14.2. The maximum atomic E-state index is 2.27. The molecule has 0 fully saturated rings. The van der Waals surface area contributed by atoms with Crippen molar-refractivity contribution < 1.29 is 0 Å². The summed E-state index contributed by atoms with van der Waals surface area (Å²) in [6.07, 6.45) is 0. The molecule has 6 aromatic carbocycles. The summed E-state index contributed by atoms with van der Waals surface area (Å²) in [6, 6.07) is 48.0. The lowest BCUT2D eigenvalue weighted by atomic mass is 9.87. The van der Waals surface area contributed by atoms with E-state index in [-0.39, 0.29) is 0 Å². The van der Waals surface area contributed by atoms with E-state index in [1.165, 1.54) is 54.9 Å². The van der Waals surface area contributed by atoms with Gasteiger partial charge >= 0.3 is 0 Å². The SMILES string of the molecule is c1ccc(-c2ccc(-c3ccc4ccccc4c3-c3cccc4ccccc34)cc2)cc1. The van der Waals surface area contributed by atoms with Crippen LogP contribution < -0.4 is 0 Å². The largest absolute Gasteiger partial charge is 0.0622 e. The molecule has 150 valence electrons. The minimum atomic E-state index is 1.23. The molecule has 6 rings (SSSR count). The van der Waals surface area contributed by atoms with E-state index in [4.69, 9.17) is 0 Å². The topological polar surface area (TPSA) is 0 Å². The number of hydrogen-bond donors (Lipinski definition) is 0. The van der Waals surface area contributed by atoms with E-state index in [0.29, 0.717) is 0 Å². The van der Waals surface area contributed by atoms with Gasteiger partial charge in [0.1, 0.15) is 0 Å². The van der Waals surface area contributed by atoms with E-state index in [1.54, 1.807) is 0 Å². The minimum absolute atomic E-state index is 1.23. The third-order valence-corrected chi connectivity index (χ3v) is 6.29. The maximum Gasteiger partial charge on any atom is -0.00206 e. The van der Waals surface area contributed by atoms with Gasteiger partial charge in [-0.05, 0) is 54.9 Å². The molecule has 0 bridgehead atoms. The quantitative estimate of drug-likeness (QED) is 0.275. The van der Waals surface area contributed by atoms with Gasteiger partial charge in [0.05, 0.1) is 0 Å². The van der Waals surface area contributed by atoms with Crippen molar-refractivity contribution >= 4 is 21.5 Å². The first kappa shape index (κ1) is 18.6. The second-order valence-corrected chi connectivity index (χ2v) is 8.18. The van der Waals surface area contributed by atoms with Gasteiger partial charge in [0.25, 0.3) is 0 Å². The van der Waals surface area contributed by atoms with Gasteiger partial charge in [-0.15, -0.1) is 0 Å². The summed E-state index contributed by atoms with van der Waals surface area (Å²) in [6.45, 7) is 0. The fourth-order valence-corrected chi connectivity index (χ4v) is 4.72. The van der Waals surface area contributed by atoms with E-state index in [9.17, 15) is 0 Å². The Morgan fingerprint density at radius 2 is 0.844 bits per heavy atom. The lowest BCUT2D eigenvalue weighted by molar-refractivity contribution is 1.59. The average Bonchev–Trinajstić information content (AvgIpc) is 2.88. The molecule has 0 saturated heterocycles. The molecule has 0 atom stereocenters. The fraction of sp³-hybridized carbons (Fsp3) is 0. The van der Waals surface area contributed by atoms with E-state index in [2.05, 4.69) is 133 Å². The van der Waals surface area contributed by atoms with Crippen molar-refractivity contribution in [1.82, 2.24) is 0 Å². The van der Waals surface area contributed by atoms with Crippen LogP contribution in [0.4, 0.5) is 0 Å². The molecule has 0 aliphatic carbocycles. The number of benzene rings is 6. The molecule has 0 aromatic heterocycles. The molecular formula is C32H22. The molecule has 0 heteroatoms. The molecule has 0 spiro atoms. The molecule has 0 amide bonds. The highest BCUT2D eigenvalue weighted by Crippen LogP contribution is 2.41. The van der Waals surface area contributed by atoms with Crippen LogP contribution in [0.25, 0.3) is 54.9 Å². The normalized spacial score (nSPS) is 11.1. The van der Waals surface area contributed by atoms with E-state index in [1.807, 2.05) is 0 Å². The van der Waals surface area contributed by atoms with Gasteiger partial charge in [-0.1, -0.05) is 133 Å². The van der Waals surface area contributed by atoms with Gasteiger partial charge in [-0.2, -0.15) is 0 Å². The summed E-state index contributed by atoms with van der Waals surface area (Å²) in [5.41, 5.74) is 7.56. The maximum absolute atomic E-state index is 2.27. The van der Waals surface area contributed by atoms with Crippen molar-refractivity contribution in [2.75, 3.05) is 0 Å². The van der Waals surface area contributed by atoms with Gasteiger partial charge in [-0.25, -0.2) is 0 Å². The van der Waals surface area contributed by atoms with Gasteiger partial charge < -0.3 is 0 Å². The lowest BCUT2D eigenvalue weighted by Gasteiger charge is -2.16. The monoisotopic (exact) mass is 406 g/mol. The molecule has 32 heavy (non-hydrogen) atoms. The zero-order chi connectivity index (χ0) is 21.3. The van der Waals surface area contributed by atoms with Gasteiger partial charge in [0.15, 0.2) is 0 Å². The number of hydrogen-bond acceptors (Lipinski definition) is 0. The van der Waals surface area contributed by atoms with Gasteiger partial charge in [-0.3, -0.25) is 0 Å². The Morgan fingerprint density at radius 1 is 0.281 bits per heavy atom. The molecule has 0 nitrogen and oxygen atoms in total. The van der Waals surface area contributed by atoms with Gasteiger partial charge in [0.2, 0.25) is 0 Å². The molecule has 6 aromatic rings. The highest BCUT2D eigenvalue weighted by molar-refractivity contribution is 6.10. The summed E-state index contributed by atoms with van der Waals surface area (Å²) in [5.74, 6) is 0. The molecule has 0 N–H and O–H groups in total. The average molecular weight is 407 g/mol. The standard InChI is InChI=1S/C32H22/c1-2-9-23(10-3-1)24-17-19-27(20-18-24)30-22-21-26-12-5-7-15-29(26)32(30)31-16-8-13-25-11-4-6-14-28(25)31/h1-22H. The van der Waals surface area contributed by atoms with Crippen LogP contribution in [-0.2, 0) is 0 Å². The number of fused-ring (bicyclic) bond motifs is 2. The highest BCUT2D eigenvalue weighted by Gasteiger charge is 2.14. The van der Waals surface area contributed by atoms with E-state index < -0.39 is 0 Å². The fourth-order valence-electron chi connectivity index (χ4n) is 4.72. The molecule has 0 aliphatic heterocycles. The molecule has 0 unspecified atom stereocenters. The lowest BCUT2D eigenvalue weighted by Crippen LogP contribution is -1.90. The Hall–Kier alpha value is -4.16. The molecule has 0 heterocycles. The summed E-state index contributed by atoms with van der Waals surface area (Å²) >= 11 is 0. The Kier molecular flexibility index (Phi) is 4.55. The second-order valence-electron chi connectivity index (χ2n) is 8.18. The smallest absolute Gasteiger partial charge is 0.00206 e. The van der Waals surface area contributed by atoms with Crippen LogP contribution in [-0.4, -0.2) is 0 Å². The van der Waals surface area contributed by atoms with Crippen LogP contribution in [0.1, 0.15) is 0 Å². The van der Waals surface area contributed by atoms with Crippen molar-refractivity contribution in [3.63, 3.8) is 0 Å². The van der Waals surface area contributed by atoms with Crippen LogP contribution in [0.15, 0.2) is 133 Å². The van der Waals surface area contributed by atoms with Crippen LogP contribution in [0.3, 0.4) is 0 Å². The van der Waals surface area contributed by atoms with Crippen molar-refractivity contribution in [2.45, 2.75) is 0 Å². The zero-order valence-corrected chi connectivity index (χ0v) is 17.7. The first-order chi connectivity index (χ1) is 15.9.